The molecule has 3 N–H and O–H groups in total. The van der Waals surface area contributed by atoms with Crippen LogP contribution in [0.1, 0.15) is 16.8 Å². The van der Waals surface area contributed by atoms with Crippen LogP contribution in [0.4, 0.5) is 29.5 Å². The molecule has 3 aromatic rings. The Balaban J connectivity index is 1.28. The lowest BCUT2D eigenvalue weighted by Crippen LogP contribution is -2.47. The molecule has 2 amide bonds. The zero-order valence-corrected chi connectivity index (χ0v) is 17.6. The number of nitrogen functional groups attached to an aromatic ring is 1. The van der Waals surface area contributed by atoms with Crippen LogP contribution in [-0.2, 0) is 19.6 Å². The maximum absolute atomic E-state index is 14.2. The molecule has 10 heteroatoms. The monoisotopic (exact) mass is 454 g/mol. The van der Waals surface area contributed by atoms with E-state index < -0.39 is 23.8 Å². The number of nitrogens with zero attached hydrogens (tertiary/aromatic N) is 4. The number of fused-ring (bicyclic) bond motifs is 1. The van der Waals surface area contributed by atoms with E-state index in [1.54, 1.807) is 11.1 Å². The maximum Gasteiger partial charge on any atom is 0.323 e. The Bertz CT molecular complexity index is 1230. The number of rotatable bonds is 4. The summed E-state index contributed by atoms with van der Waals surface area (Å²) in [7, 11) is 0. The molecule has 0 radical (unpaired) electrons. The number of likely N-dealkylation sites (tertiary alicyclic amines) is 1. The standard InChI is InChI=1S/C23H21F3N6O/c24-15-1-2-18(19(26)6-15)21-4-3-20(27)22(29-21)30-23(33)32-8-13-5-17(28-7-14(13)9-32)12-31-10-16(25)11-31/h1-7,16H,8-12,27H2,(H,29,30,33). The van der Waals surface area contributed by atoms with E-state index in [0.29, 0.717) is 32.7 Å². The highest BCUT2D eigenvalue weighted by Gasteiger charge is 2.28. The van der Waals surface area contributed by atoms with Crippen LogP contribution in [0.25, 0.3) is 11.3 Å². The second kappa shape index (κ2) is 8.36. The number of alkyl halides is 1. The molecule has 1 aromatic carbocycles. The van der Waals surface area contributed by atoms with Gasteiger partial charge in [-0.25, -0.2) is 22.9 Å². The first-order valence-corrected chi connectivity index (χ1v) is 10.5. The minimum Gasteiger partial charge on any atom is -0.396 e. The van der Waals surface area contributed by atoms with Crippen LogP contribution in [0.3, 0.4) is 0 Å². The molecule has 0 atom stereocenters. The molecule has 2 aliphatic heterocycles. The number of nitrogens with one attached hydrogen (secondary N) is 1. The first kappa shape index (κ1) is 21.2. The van der Waals surface area contributed by atoms with Gasteiger partial charge in [-0.3, -0.25) is 15.2 Å². The minimum absolute atomic E-state index is 0.0922. The minimum atomic E-state index is -0.766. The molecule has 2 aromatic heterocycles. The van der Waals surface area contributed by atoms with Gasteiger partial charge >= 0.3 is 6.03 Å². The Labute approximate surface area is 188 Å². The van der Waals surface area contributed by atoms with Crippen molar-refractivity contribution in [3.8, 4) is 11.3 Å². The molecule has 5 rings (SSSR count). The molecule has 4 heterocycles. The van der Waals surface area contributed by atoms with Crippen molar-refractivity contribution in [2.24, 2.45) is 0 Å². The number of halogens is 3. The summed E-state index contributed by atoms with van der Waals surface area (Å²) in [6.45, 7) is 2.17. The Morgan fingerprint density at radius 3 is 2.67 bits per heavy atom. The fraction of sp³-hybridized carbons (Fsp3) is 0.261. The van der Waals surface area contributed by atoms with Crippen LogP contribution in [0.2, 0.25) is 0 Å². The fourth-order valence-electron chi connectivity index (χ4n) is 4.02. The van der Waals surface area contributed by atoms with E-state index in [1.807, 2.05) is 11.0 Å². The molecule has 0 bridgehead atoms. The molecule has 1 saturated heterocycles. The molecule has 0 saturated carbocycles. The predicted octanol–water partition coefficient (Wildman–Crippen LogP) is 3.71. The van der Waals surface area contributed by atoms with Crippen molar-refractivity contribution >= 4 is 17.5 Å². The van der Waals surface area contributed by atoms with Gasteiger partial charge in [0.1, 0.15) is 17.8 Å². The van der Waals surface area contributed by atoms with Crippen LogP contribution >= 0.6 is 0 Å². The van der Waals surface area contributed by atoms with Gasteiger partial charge < -0.3 is 10.6 Å². The van der Waals surface area contributed by atoms with E-state index in [4.69, 9.17) is 5.73 Å². The molecule has 33 heavy (non-hydrogen) atoms. The largest absolute Gasteiger partial charge is 0.396 e. The zero-order valence-electron chi connectivity index (χ0n) is 17.6. The average Bonchev–Trinajstić information content (AvgIpc) is 3.18. The quantitative estimate of drug-likeness (QED) is 0.628. The summed E-state index contributed by atoms with van der Waals surface area (Å²) >= 11 is 0. The molecular formula is C23H21F3N6O. The molecule has 1 fully saturated rings. The number of pyridine rings is 2. The highest BCUT2D eigenvalue weighted by molar-refractivity contribution is 5.92. The number of amides is 2. The highest BCUT2D eigenvalue weighted by Crippen LogP contribution is 2.28. The molecule has 170 valence electrons. The van der Waals surface area contributed by atoms with Gasteiger partial charge in [0.05, 0.1) is 17.1 Å². The normalized spacial score (nSPS) is 15.9. The summed E-state index contributed by atoms with van der Waals surface area (Å²) in [6, 6.07) is 7.73. The van der Waals surface area contributed by atoms with Crippen molar-refractivity contribution < 1.29 is 18.0 Å². The van der Waals surface area contributed by atoms with Gasteiger partial charge in [0.15, 0.2) is 5.82 Å². The van der Waals surface area contributed by atoms with E-state index >= 15 is 0 Å². The summed E-state index contributed by atoms with van der Waals surface area (Å²) in [5.41, 5.74) is 9.25. The first-order valence-electron chi connectivity index (χ1n) is 10.5. The number of anilines is 2. The van der Waals surface area contributed by atoms with Gasteiger partial charge in [0, 0.05) is 50.6 Å². The van der Waals surface area contributed by atoms with Crippen molar-refractivity contribution in [1.82, 2.24) is 19.8 Å². The second-order valence-electron chi connectivity index (χ2n) is 8.28. The summed E-state index contributed by atoms with van der Waals surface area (Å²) in [5.74, 6) is -1.36. The highest BCUT2D eigenvalue weighted by atomic mass is 19.1. The van der Waals surface area contributed by atoms with Gasteiger partial charge in [0.2, 0.25) is 0 Å². The van der Waals surface area contributed by atoms with E-state index in [9.17, 15) is 18.0 Å². The fourth-order valence-corrected chi connectivity index (χ4v) is 4.02. The lowest BCUT2D eigenvalue weighted by atomic mass is 10.1. The third kappa shape index (κ3) is 4.34. The number of carbonyl (C=O) groups excluding carboxylic acids is 1. The molecule has 0 aliphatic carbocycles. The van der Waals surface area contributed by atoms with Gasteiger partial charge in [0.25, 0.3) is 0 Å². The number of carbonyl (C=O) groups is 1. The van der Waals surface area contributed by atoms with E-state index in [0.717, 1.165) is 29.0 Å². The average molecular weight is 454 g/mol. The van der Waals surface area contributed by atoms with Gasteiger partial charge in [-0.1, -0.05) is 0 Å². The Morgan fingerprint density at radius 1 is 1.12 bits per heavy atom. The molecule has 0 unspecified atom stereocenters. The summed E-state index contributed by atoms with van der Waals surface area (Å²) in [5, 5.41) is 2.68. The Morgan fingerprint density at radius 2 is 1.91 bits per heavy atom. The van der Waals surface area contributed by atoms with Crippen molar-refractivity contribution in [3.05, 3.63) is 71.1 Å². The second-order valence-corrected chi connectivity index (χ2v) is 8.28. The summed E-state index contributed by atoms with van der Waals surface area (Å²) in [4.78, 5) is 25.1. The molecule has 7 nitrogen and oxygen atoms in total. The van der Waals surface area contributed by atoms with Crippen molar-refractivity contribution in [3.63, 3.8) is 0 Å². The smallest absolute Gasteiger partial charge is 0.323 e. The Hall–Kier alpha value is -3.66. The van der Waals surface area contributed by atoms with Crippen LogP contribution in [0.5, 0.6) is 0 Å². The van der Waals surface area contributed by atoms with Gasteiger partial charge in [-0.15, -0.1) is 0 Å². The number of aromatic nitrogens is 2. The number of hydrogen-bond donors (Lipinski definition) is 2. The summed E-state index contributed by atoms with van der Waals surface area (Å²) in [6.07, 6.45) is 0.979. The molecular weight excluding hydrogens is 433 g/mol. The Kier molecular flexibility index (Phi) is 5.37. The van der Waals surface area contributed by atoms with Crippen LogP contribution < -0.4 is 11.1 Å². The predicted molar refractivity (Wildman–Crippen MR) is 117 cm³/mol. The topological polar surface area (TPSA) is 87.4 Å². The van der Waals surface area contributed by atoms with E-state index in [-0.39, 0.29) is 22.8 Å². The van der Waals surface area contributed by atoms with Crippen LogP contribution in [0, 0.1) is 11.6 Å². The third-order valence-corrected chi connectivity index (χ3v) is 5.81. The van der Waals surface area contributed by atoms with Gasteiger partial charge in [-0.05, 0) is 41.5 Å². The first-order chi connectivity index (χ1) is 15.9. The number of nitrogens with two attached hydrogens (primary N) is 1. The SMILES string of the molecule is Nc1ccc(-c2ccc(F)cc2F)nc1NC(=O)N1Cc2cnc(CN3CC(F)C3)cc2C1. The number of hydrogen-bond acceptors (Lipinski definition) is 5. The van der Waals surface area contributed by atoms with Crippen LogP contribution in [-0.4, -0.2) is 45.1 Å². The number of urea groups is 1. The third-order valence-electron chi connectivity index (χ3n) is 5.81. The lowest BCUT2D eigenvalue weighted by Gasteiger charge is -2.33. The summed E-state index contributed by atoms with van der Waals surface area (Å²) < 4.78 is 40.4. The lowest BCUT2D eigenvalue weighted by molar-refractivity contribution is 0.0580. The molecule has 0 spiro atoms. The van der Waals surface area contributed by atoms with Gasteiger partial charge in [-0.2, -0.15) is 0 Å². The van der Waals surface area contributed by atoms with Crippen molar-refractivity contribution in [2.45, 2.75) is 25.8 Å². The van der Waals surface area contributed by atoms with Crippen molar-refractivity contribution in [2.75, 3.05) is 24.1 Å². The number of benzene rings is 1. The van der Waals surface area contributed by atoms with Crippen LogP contribution in [0.15, 0.2) is 42.6 Å². The molecule has 2 aliphatic rings. The van der Waals surface area contributed by atoms with E-state index in [1.165, 1.54) is 18.2 Å². The zero-order chi connectivity index (χ0) is 23.1. The van der Waals surface area contributed by atoms with E-state index in [2.05, 4.69) is 15.3 Å². The maximum atomic E-state index is 14.2. The van der Waals surface area contributed by atoms with Crippen molar-refractivity contribution in [1.29, 1.82) is 0 Å².